The zero-order valence-electron chi connectivity index (χ0n) is 40.3. The third-order valence-corrected chi connectivity index (χ3v) is 11.0. The van der Waals surface area contributed by atoms with E-state index in [4.69, 9.17) is 11.5 Å². The van der Waals surface area contributed by atoms with Crippen LogP contribution in [0.1, 0.15) is 137 Å². The molecule has 3 unspecified atom stereocenters. The number of ketones is 2. The van der Waals surface area contributed by atoms with E-state index in [0.29, 0.717) is 36.0 Å². The molecule has 65 heavy (non-hydrogen) atoms. The maximum Gasteiger partial charge on any atom is 0.303 e. The third-order valence-electron chi connectivity index (χ3n) is 10.3. The minimum atomic E-state index is -1.49. The maximum absolute atomic E-state index is 13.6. The van der Waals surface area contributed by atoms with E-state index in [1.165, 1.54) is 29.8 Å². The Morgan fingerprint density at radius 1 is 0.754 bits per heavy atom. The number of Topliss-reactive ketones (excluding diaryl/α,β-unsaturated/α-hetero) is 2. The second kappa shape index (κ2) is 29.9. The zero-order chi connectivity index (χ0) is 49.3. The van der Waals surface area contributed by atoms with Crippen LogP contribution in [0.5, 0.6) is 0 Å². The fourth-order valence-electron chi connectivity index (χ4n) is 7.01. The van der Waals surface area contributed by atoms with Crippen molar-refractivity contribution in [1.82, 2.24) is 26.6 Å². The Kier molecular flexibility index (Phi) is 26.9. The van der Waals surface area contributed by atoms with Crippen LogP contribution >= 0.6 is 11.8 Å². The summed E-state index contributed by atoms with van der Waals surface area (Å²) in [7, 11) is 0. The Balaban J connectivity index is 0.00000110. The molecule has 17 nitrogen and oxygen atoms in total. The van der Waals surface area contributed by atoms with Crippen molar-refractivity contribution >= 4 is 58.9 Å². The number of hydrogen-bond acceptors (Lipinski definition) is 11. The molecular formula is C47H80N8O9S. The number of nitrogens with zero attached hydrogens (tertiary/aromatic N) is 1. The second-order valence-corrected chi connectivity index (χ2v) is 20.3. The molecule has 0 radical (unpaired) electrons. The van der Waals surface area contributed by atoms with Crippen LogP contribution < -0.4 is 38.1 Å². The summed E-state index contributed by atoms with van der Waals surface area (Å²) in [6.07, 6.45) is 5.78. The number of carbonyl (C=O) groups excluding carboxylic acids is 6. The van der Waals surface area contributed by atoms with Crippen LogP contribution in [0.3, 0.4) is 0 Å². The van der Waals surface area contributed by atoms with E-state index in [9.17, 15) is 43.8 Å². The van der Waals surface area contributed by atoms with Gasteiger partial charge in [-0.2, -0.15) is 11.8 Å². The predicted octanol–water partition coefficient (Wildman–Crippen LogP) is 3.31. The van der Waals surface area contributed by atoms with E-state index in [1.807, 2.05) is 6.26 Å². The largest absolute Gasteiger partial charge is 0.481 e. The van der Waals surface area contributed by atoms with Crippen LogP contribution in [0.25, 0.3) is 0 Å². The van der Waals surface area contributed by atoms with Crippen LogP contribution in [0.2, 0.25) is 0 Å². The van der Waals surface area contributed by atoms with Gasteiger partial charge in [0.25, 0.3) is 0 Å². The number of aliphatic imine (C=N–C) groups is 1. The molecule has 368 valence electrons. The lowest BCUT2D eigenvalue weighted by molar-refractivity contribution is -0.140. The molecule has 2 rings (SSSR count). The van der Waals surface area contributed by atoms with Gasteiger partial charge in [-0.05, 0) is 106 Å². The lowest BCUT2D eigenvalue weighted by Gasteiger charge is -2.27. The van der Waals surface area contributed by atoms with Gasteiger partial charge < -0.3 is 48.3 Å². The van der Waals surface area contributed by atoms with E-state index in [0.717, 1.165) is 32.1 Å². The Morgan fingerprint density at radius 2 is 1.26 bits per heavy atom. The van der Waals surface area contributed by atoms with Crippen LogP contribution in [0.4, 0.5) is 0 Å². The normalized spacial score (nSPS) is 22.2. The average Bonchev–Trinajstić information content (AvgIpc) is 3.20. The molecule has 1 heterocycles. The van der Waals surface area contributed by atoms with Crippen molar-refractivity contribution in [3.05, 3.63) is 35.4 Å². The molecule has 1 aliphatic heterocycles. The summed E-state index contributed by atoms with van der Waals surface area (Å²) < 4.78 is 0. The summed E-state index contributed by atoms with van der Waals surface area (Å²) in [5, 5.41) is 32.7. The smallest absolute Gasteiger partial charge is 0.303 e. The van der Waals surface area contributed by atoms with Gasteiger partial charge in [-0.15, -0.1) is 0 Å². The Labute approximate surface area is 391 Å². The lowest BCUT2D eigenvalue weighted by Crippen LogP contribution is -2.59. The number of aliphatic hydroxyl groups excluding tert-OH is 1. The molecule has 1 saturated heterocycles. The van der Waals surface area contributed by atoms with E-state index in [2.05, 4.69) is 97.4 Å². The van der Waals surface area contributed by atoms with Crippen molar-refractivity contribution in [2.45, 2.75) is 175 Å². The number of carboxylic acid groups (broad SMARTS) is 1. The number of hydrogen-bond donors (Lipinski definition) is 9. The Morgan fingerprint density at radius 3 is 1.77 bits per heavy atom. The van der Waals surface area contributed by atoms with Gasteiger partial charge in [0.1, 0.15) is 18.1 Å². The quantitative estimate of drug-likeness (QED) is 0.0595. The van der Waals surface area contributed by atoms with Crippen LogP contribution in [0.15, 0.2) is 29.3 Å². The first-order valence-corrected chi connectivity index (χ1v) is 24.3. The fraction of sp³-hybridized carbons (Fsp3) is 0.702. The molecule has 6 atom stereocenters. The number of aliphatic hydroxyl groups is 1. The summed E-state index contributed by atoms with van der Waals surface area (Å²) >= 11 is 1.41. The van der Waals surface area contributed by atoms with Gasteiger partial charge in [-0.1, -0.05) is 85.1 Å². The average molecular weight is 933 g/mol. The van der Waals surface area contributed by atoms with E-state index >= 15 is 0 Å². The summed E-state index contributed by atoms with van der Waals surface area (Å²) in [6.45, 7) is 17.2. The molecule has 1 aliphatic rings. The second-order valence-electron chi connectivity index (χ2n) is 19.3. The van der Waals surface area contributed by atoms with Crippen LogP contribution in [0, 0.1) is 10.8 Å². The molecular weight excluding hydrogens is 853 g/mol. The fourth-order valence-corrected chi connectivity index (χ4v) is 7.48. The van der Waals surface area contributed by atoms with Gasteiger partial charge in [-0.25, -0.2) is 0 Å². The first-order chi connectivity index (χ1) is 30.3. The van der Waals surface area contributed by atoms with Gasteiger partial charge in [0.05, 0.1) is 18.2 Å². The SMILES string of the molecule is CC(C)(C)Cc1ccc(CC(C)(C)C)cc1.CSCCC1NC(=O)[C@H](CCCN=C(N)N)NC(=O)C(CCC(=O)O)NC(=O)[C@H]([C@@H](C)O)NC(=O)CCCCCCCNC(C)C(=O)C1=O. The summed E-state index contributed by atoms with van der Waals surface area (Å²) in [5.74, 6) is -5.63. The molecule has 1 fully saturated rings. The molecule has 1 aromatic carbocycles. The molecule has 18 heteroatoms. The summed E-state index contributed by atoms with van der Waals surface area (Å²) in [4.78, 5) is 94.7. The first-order valence-electron chi connectivity index (χ1n) is 22.9. The number of rotatable bonds is 13. The van der Waals surface area contributed by atoms with Crippen molar-refractivity contribution in [2.75, 3.05) is 25.1 Å². The number of thioether (sulfide) groups is 1. The molecule has 1 aromatic rings. The zero-order valence-corrected chi connectivity index (χ0v) is 41.2. The number of nitrogens with two attached hydrogens (primary N) is 2. The van der Waals surface area contributed by atoms with Crippen molar-refractivity contribution < 1.29 is 43.8 Å². The highest BCUT2D eigenvalue weighted by atomic mass is 32.2. The Hall–Kier alpha value is -4.55. The monoisotopic (exact) mass is 933 g/mol. The van der Waals surface area contributed by atoms with Gasteiger partial charge in [0, 0.05) is 19.4 Å². The molecule has 0 bridgehead atoms. The standard InChI is InChI=1S/C31H54N8O9S.C16H26/c1-18-26(44)27(45)20(14-17-49-3)36-28(46)21(10-9-16-35-31(32)33)37-29(47)22(12-13-24(42)43)38-30(48)25(19(2)40)39-23(41)11-7-5-4-6-8-15-34-18;1-15(2,3)11-13-7-9-14(10-8-13)12-16(4,5)6/h18-22,25,34,40H,4-17H2,1-3H3,(H,36,46)(H,37,47)(H,38,48)(H,39,41)(H,42,43)(H4,32,33,35);7-10H,11-12H2,1-6H3/t18?,19-,20?,21+,22?,25+;/m1./s1. The van der Waals surface area contributed by atoms with Gasteiger partial charge in [0.2, 0.25) is 35.2 Å². The van der Waals surface area contributed by atoms with Crippen molar-refractivity contribution in [1.29, 1.82) is 0 Å². The number of aliphatic carboxylic acids is 1. The summed E-state index contributed by atoms with van der Waals surface area (Å²) in [5.41, 5.74) is 14.5. The van der Waals surface area contributed by atoms with Gasteiger partial charge in [0.15, 0.2) is 5.96 Å². The maximum atomic E-state index is 13.6. The van der Waals surface area contributed by atoms with Crippen molar-refractivity contribution in [3.63, 3.8) is 0 Å². The number of amides is 4. The minimum absolute atomic E-state index is 0.0321. The van der Waals surface area contributed by atoms with Crippen LogP contribution in [-0.2, 0) is 46.4 Å². The highest BCUT2D eigenvalue weighted by Gasteiger charge is 2.34. The lowest BCUT2D eigenvalue weighted by atomic mass is 9.85. The molecule has 11 N–H and O–H groups in total. The highest BCUT2D eigenvalue weighted by molar-refractivity contribution is 7.98. The van der Waals surface area contributed by atoms with E-state index < -0.39 is 83.9 Å². The number of carboxylic acids is 1. The molecule has 0 aromatic heterocycles. The number of benzene rings is 1. The topological polar surface area (TPSA) is 284 Å². The van der Waals surface area contributed by atoms with Crippen LogP contribution in [-0.4, -0.2) is 119 Å². The molecule has 4 amide bonds. The highest BCUT2D eigenvalue weighted by Crippen LogP contribution is 2.24. The van der Waals surface area contributed by atoms with Crippen molar-refractivity contribution in [3.8, 4) is 0 Å². The first kappa shape index (κ1) is 58.5. The number of carbonyl (C=O) groups is 7. The van der Waals surface area contributed by atoms with Gasteiger partial charge >= 0.3 is 5.97 Å². The molecule has 0 saturated carbocycles. The molecule has 0 aliphatic carbocycles. The van der Waals surface area contributed by atoms with E-state index in [1.54, 1.807) is 6.92 Å². The van der Waals surface area contributed by atoms with E-state index in [-0.39, 0.29) is 44.6 Å². The summed E-state index contributed by atoms with van der Waals surface area (Å²) in [6, 6.07) is 2.91. The third kappa shape index (κ3) is 26.3. The minimum Gasteiger partial charge on any atom is -0.481 e. The molecule has 0 spiro atoms. The van der Waals surface area contributed by atoms with Gasteiger partial charge in [-0.3, -0.25) is 38.6 Å². The number of nitrogens with one attached hydrogen (secondary N) is 5. The predicted molar refractivity (Wildman–Crippen MR) is 257 cm³/mol. The van der Waals surface area contributed by atoms with Crippen molar-refractivity contribution in [2.24, 2.45) is 27.3 Å². The number of guanidine groups is 1. The Bertz CT molecular complexity index is 1670.